The molecule has 208 valence electrons. The molecule has 1 aromatic heterocycles. The van der Waals surface area contributed by atoms with Crippen LogP contribution in [0.4, 0.5) is 15.8 Å². The van der Waals surface area contributed by atoms with Crippen LogP contribution in [0.15, 0.2) is 72.8 Å². The predicted octanol–water partition coefficient (Wildman–Crippen LogP) is 4.10. The number of nitrogens with one attached hydrogen (secondary N) is 1. The topological polar surface area (TPSA) is 92.6 Å². The number of anilines is 2. The van der Waals surface area contributed by atoms with Gasteiger partial charge >= 0.3 is 0 Å². The van der Waals surface area contributed by atoms with E-state index >= 15 is 4.39 Å². The fourth-order valence-corrected chi connectivity index (χ4v) is 4.85. The third-order valence-electron chi connectivity index (χ3n) is 6.68. The molecule has 1 aliphatic rings. The zero-order valence-corrected chi connectivity index (χ0v) is 22.9. The SMILES string of the molecule is CC(C)(C)NC(=O)[C@@H](c1ccc(N2CCOCC2)cc1)N(C(=O)Cn1nnc2ccccc21)c1ccccc1F. The minimum Gasteiger partial charge on any atom is -0.378 e. The van der Waals surface area contributed by atoms with Gasteiger partial charge < -0.3 is 15.0 Å². The molecule has 3 aromatic carbocycles. The molecule has 10 heteroatoms. The molecule has 1 fully saturated rings. The van der Waals surface area contributed by atoms with Crippen LogP contribution >= 0.6 is 0 Å². The molecule has 4 aromatic rings. The minimum absolute atomic E-state index is 0.00300. The summed E-state index contributed by atoms with van der Waals surface area (Å²) < 4.78 is 22.3. The summed E-state index contributed by atoms with van der Waals surface area (Å²) in [6, 6.07) is 19.6. The van der Waals surface area contributed by atoms with Crippen molar-refractivity contribution in [3.63, 3.8) is 0 Å². The number of hydrogen-bond donors (Lipinski definition) is 1. The number of morpholine rings is 1. The maximum absolute atomic E-state index is 15.3. The summed E-state index contributed by atoms with van der Waals surface area (Å²) in [6.07, 6.45) is 0. The standard InChI is InChI=1S/C30H33FN6O3/c1-30(2,3)32-29(39)28(21-12-14-22(15-13-21)35-16-18-40-19-17-35)37(25-10-6-4-8-23(25)31)27(38)20-36-26-11-7-5-9-24(26)33-34-36/h4-15,28H,16-20H2,1-3H3,(H,32,39)/t28-/m1/s1. The number of para-hydroxylation sites is 2. The molecule has 2 amide bonds. The van der Waals surface area contributed by atoms with Gasteiger partial charge in [0.05, 0.1) is 24.4 Å². The fourth-order valence-electron chi connectivity index (χ4n) is 4.85. The lowest BCUT2D eigenvalue weighted by molar-refractivity contribution is -0.128. The van der Waals surface area contributed by atoms with Crippen LogP contribution in [0.25, 0.3) is 11.0 Å². The Morgan fingerprint density at radius 3 is 2.38 bits per heavy atom. The summed E-state index contributed by atoms with van der Waals surface area (Å²) in [7, 11) is 0. The number of carbonyl (C=O) groups is 2. The Morgan fingerprint density at radius 1 is 1.00 bits per heavy atom. The Balaban J connectivity index is 1.57. The maximum atomic E-state index is 15.3. The molecule has 1 aliphatic heterocycles. The number of carbonyl (C=O) groups excluding carboxylic acids is 2. The van der Waals surface area contributed by atoms with Crippen LogP contribution in [0.2, 0.25) is 0 Å². The van der Waals surface area contributed by atoms with Crippen molar-refractivity contribution in [1.82, 2.24) is 20.3 Å². The van der Waals surface area contributed by atoms with E-state index in [1.54, 1.807) is 18.2 Å². The number of fused-ring (bicyclic) bond motifs is 1. The van der Waals surface area contributed by atoms with E-state index in [1.807, 2.05) is 63.2 Å². The van der Waals surface area contributed by atoms with Gasteiger partial charge in [0.15, 0.2) is 0 Å². The molecule has 5 rings (SSSR count). The van der Waals surface area contributed by atoms with Crippen LogP contribution in [0.1, 0.15) is 32.4 Å². The van der Waals surface area contributed by atoms with E-state index in [-0.39, 0.29) is 12.2 Å². The van der Waals surface area contributed by atoms with Crippen LogP contribution in [0.5, 0.6) is 0 Å². The Hall–Kier alpha value is -4.31. The summed E-state index contributed by atoms with van der Waals surface area (Å²) in [5.41, 5.74) is 2.25. The summed E-state index contributed by atoms with van der Waals surface area (Å²) in [4.78, 5) is 31.4. The van der Waals surface area contributed by atoms with Crippen molar-refractivity contribution < 1.29 is 18.7 Å². The van der Waals surface area contributed by atoms with E-state index in [1.165, 1.54) is 21.7 Å². The van der Waals surface area contributed by atoms with E-state index < -0.39 is 29.2 Å². The molecule has 0 saturated carbocycles. The van der Waals surface area contributed by atoms with Crippen molar-refractivity contribution in [3.05, 3.63) is 84.2 Å². The number of aromatic nitrogens is 3. The molecule has 1 N–H and O–H groups in total. The summed E-state index contributed by atoms with van der Waals surface area (Å²) in [6.45, 7) is 8.16. The molecular formula is C30H33FN6O3. The van der Waals surface area contributed by atoms with Crippen molar-refractivity contribution in [1.29, 1.82) is 0 Å². The van der Waals surface area contributed by atoms with E-state index in [2.05, 4.69) is 20.5 Å². The molecule has 1 saturated heterocycles. The Kier molecular flexibility index (Phi) is 7.79. The second kappa shape index (κ2) is 11.4. The van der Waals surface area contributed by atoms with E-state index in [9.17, 15) is 9.59 Å². The first kappa shape index (κ1) is 27.3. The molecule has 0 radical (unpaired) electrons. The van der Waals surface area contributed by atoms with Gasteiger partial charge in [-0.1, -0.05) is 41.6 Å². The van der Waals surface area contributed by atoms with Crippen LogP contribution < -0.4 is 15.1 Å². The normalized spacial score (nSPS) is 14.7. The van der Waals surface area contributed by atoms with Gasteiger partial charge in [-0.05, 0) is 62.7 Å². The van der Waals surface area contributed by atoms with Crippen molar-refractivity contribution in [2.24, 2.45) is 0 Å². The van der Waals surface area contributed by atoms with Gasteiger partial charge in [0, 0.05) is 24.3 Å². The number of hydrogen-bond acceptors (Lipinski definition) is 6. The van der Waals surface area contributed by atoms with Crippen molar-refractivity contribution in [2.75, 3.05) is 36.1 Å². The Labute approximate surface area is 232 Å². The molecular weight excluding hydrogens is 511 g/mol. The average Bonchev–Trinajstić information content (AvgIpc) is 3.34. The summed E-state index contributed by atoms with van der Waals surface area (Å²) >= 11 is 0. The molecule has 0 unspecified atom stereocenters. The molecule has 0 bridgehead atoms. The number of amides is 2. The zero-order chi connectivity index (χ0) is 28.3. The van der Waals surface area contributed by atoms with Crippen molar-refractivity contribution in [3.8, 4) is 0 Å². The average molecular weight is 545 g/mol. The van der Waals surface area contributed by atoms with Gasteiger partial charge in [0.2, 0.25) is 11.8 Å². The monoisotopic (exact) mass is 544 g/mol. The second-order valence-electron chi connectivity index (χ2n) is 10.8. The Bertz CT molecular complexity index is 1490. The lowest BCUT2D eigenvalue weighted by Crippen LogP contribution is -2.50. The van der Waals surface area contributed by atoms with Crippen molar-refractivity contribution in [2.45, 2.75) is 38.9 Å². The number of ether oxygens (including phenoxy) is 1. The quantitative estimate of drug-likeness (QED) is 0.377. The molecule has 40 heavy (non-hydrogen) atoms. The third-order valence-corrected chi connectivity index (χ3v) is 6.68. The van der Waals surface area contributed by atoms with Crippen LogP contribution in [0.3, 0.4) is 0 Å². The molecule has 0 spiro atoms. The number of benzene rings is 3. The lowest BCUT2D eigenvalue weighted by atomic mass is 10.00. The highest BCUT2D eigenvalue weighted by molar-refractivity contribution is 6.01. The van der Waals surface area contributed by atoms with Crippen LogP contribution in [0, 0.1) is 5.82 Å². The number of rotatable bonds is 7. The first-order valence-corrected chi connectivity index (χ1v) is 13.3. The largest absolute Gasteiger partial charge is 0.378 e. The summed E-state index contributed by atoms with van der Waals surface area (Å²) in [5, 5.41) is 11.3. The number of halogens is 1. The van der Waals surface area contributed by atoms with Crippen molar-refractivity contribution >= 4 is 34.2 Å². The smallest absolute Gasteiger partial charge is 0.249 e. The zero-order valence-electron chi connectivity index (χ0n) is 22.9. The van der Waals surface area contributed by atoms with Gasteiger partial charge in [-0.25, -0.2) is 9.07 Å². The highest BCUT2D eigenvalue weighted by Crippen LogP contribution is 2.32. The first-order chi connectivity index (χ1) is 19.2. The van der Waals surface area contributed by atoms with Gasteiger partial charge in [0.1, 0.15) is 23.9 Å². The minimum atomic E-state index is -1.14. The van der Waals surface area contributed by atoms with Crippen LogP contribution in [-0.2, 0) is 20.9 Å². The van der Waals surface area contributed by atoms with Gasteiger partial charge in [0.25, 0.3) is 0 Å². The lowest BCUT2D eigenvalue weighted by Gasteiger charge is -2.34. The first-order valence-electron chi connectivity index (χ1n) is 13.3. The van der Waals surface area contributed by atoms with E-state index in [4.69, 9.17) is 4.74 Å². The maximum Gasteiger partial charge on any atom is 0.249 e. The molecule has 9 nitrogen and oxygen atoms in total. The third kappa shape index (κ3) is 5.96. The highest BCUT2D eigenvalue weighted by atomic mass is 19.1. The molecule has 0 aliphatic carbocycles. The summed E-state index contributed by atoms with van der Waals surface area (Å²) in [5.74, 6) is -1.54. The van der Waals surface area contributed by atoms with Gasteiger partial charge in [-0.3, -0.25) is 14.5 Å². The van der Waals surface area contributed by atoms with Gasteiger partial charge in [-0.15, -0.1) is 5.10 Å². The second-order valence-corrected chi connectivity index (χ2v) is 10.8. The highest BCUT2D eigenvalue weighted by Gasteiger charge is 2.36. The van der Waals surface area contributed by atoms with Gasteiger partial charge in [-0.2, -0.15) is 0 Å². The number of nitrogens with zero attached hydrogens (tertiary/aromatic N) is 5. The predicted molar refractivity (Wildman–Crippen MR) is 152 cm³/mol. The molecule has 2 heterocycles. The fraction of sp³-hybridized carbons (Fsp3) is 0.333. The Morgan fingerprint density at radius 2 is 1.68 bits per heavy atom. The van der Waals surface area contributed by atoms with E-state index in [0.29, 0.717) is 29.8 Å². The van der Waals surface area contributed by atoms with Crippen LogP contribution in [-0.4, -0.2) is 58.7 Å². The van der Waals surface area contributed by atoms with E-state index in [0.717, 1.165) is 18.8 Å². The molecule has 1 atom stereocenters.